The highest BCUT2D eigenvalue weighted by Gasteiger charge is 2.38. The van der Waals surface area contributed by atoms with E-state index in [9.17, 15) is 14.3 Å². The maximum Gasteiger partial charge on any atom is 0.320 e. The van der Waals surface area contributed by atoms with Crippen LogP contribution in [-0.2, 0) is 4.79 Å². The third-order valence-corrected chi connectivity index (χ3v) is 4.36. The molecule has 0 aliphatic rings. The summed E-state index contributed by atoms with van der Waals surface area (Å²) in [5.41, 5.74) is 0. The first-order chi connectivity index (χ1) is 8.55. The highest BCUT2D eigenvalue weighted by molar-refractivity contribution is 8.01. The van der Waals surface area contributed by atoms with Crippen LogP contribution < -0.4 is 0 Å². The van der Waals surface area contributed by atoms with E-state index in [4.69, 9.17) is 0 Å². The van der Waals surface area contributed by atoms with Crippen LogP contribution in [0.2, 0.25) is 0 Å². The van der Waals surface area contributed by atoms with Gasteiger partial charge in [0.1, 0.15) is 10.6 Å². The van der Waals surface area contributed by atoms with Crippen LogP contribution in [0.4, 0.5) is 4.39 Å². The Hall–Kier alpha value is -1.03. The topological polar surface area (TPSA) is 37.3 Å². The zero-order valence-corrected chi connectivity index (χ0v) is 11.6. The molecule has 0 saturated carbocycles. The molecule has 2 nitrogen and oxygen atoms in total. The highest BCUT2D eigenvalue weighted by Crippen LogP contribution is 2.41. The fourth-order valence-electron chi connectivity index (χ4n) is 2.03. The predicted molar refractivity (Wildman–Crippen MR) is 72.4 cm³/mol. The molecular weight excluding hydrogens is 251 g/mol. The summed E-state index contributed by atoms with van der Waals surface area (Å²) in [6.45, 7) is 3.91. The van der Waals surface area contributed by atoms with E-state index >= 15 is 0 Å². The largest absolute Gasteiger partial charge is 0.480 e. The smallest absolute Gasteiger partial charge is 0.320 e. The van der Waals surface area contributed by atoms with Crippen molar-refractivity contribution in [3.8, 4) is 0 Å². The number of carbonyl (C=O) groups is 1. The molecule has 0 heterocycles. The van der Waals surface area contributed by atoms with Crippen molar-refractivity contribution in [1.82, 2.24) is 0 Å². The van der Waals surface area contributed by atoms with Gasteiger partial charge in [-0.05, 0) is 25.0 Å². The summed E-state index contributed by atoms with van der Waals surface area (Å²) >= 11 is 1.15. The minimum atomic E-state index is -0.911. The first-order valence-corrected chi connectivity index (χ1v) is 7.04. The lowest BCUT2D eigenvalue weighted by Gasteiger charge is -2.28. The lowest BCUT2D eigenvalue weighted by atomic mass is 9.97. The molecule has 0 aliphatic carbocycles. The minimum absolute atomic E-state index is 0.347. The Morgan fingerprint density at radius 2 is 1.83 bits per heavy atom. The van der Waals surface area contributed by atoms with Crippen molar-refractivity contribution in [1.29, 1.82) is 0 Å². The second kappa shape index (κ2) is 6.78. The Kier molecular flexibility index (Phi) is 5.66. The maximum atomic E-state index is 13.7. The van der Waals surface area contributed by atoms with E-state index in [2.05, 4.69) is 0 Å². The number of rotatable bonds is 7. The lowest BCUT2D eigenvalue weighted by molar-refractivity contribution is -0.140. The molecule has 1 rings (SSSR count). The Morgan fingerprint density at radius 3 is 2.28 bits per heavy atom. The molecule has 0 bridgehead atoms. The van der Waals surface area contributed by atoms with Gasteiger partial charge in [-0.25, -0.2) is 4.39 Å². The second-order valence-electron chi connectivity index (χ2n) is 4.33. The minimum Gasteiger partial charge on any atom is -0.480 e. The van der Waals surface area contributed by atoms with Crippen LogP contribution in [0, 0.1) is 5.82 Å². The van der Waals surface area contributed by atoms with Crippen LogP contribution in [0.1, 0.15) is 39.5 Å². The molecule has 100 valence electrons. The number of thioether (sulfide) groups is 1. The third-order valence-electron chi connectivity index (χ3n) is 2.84. The standard InChI is InChI=1S/C14H19FO2S/c1-3-9-14(10-4-2,13(16)17)18-12-8-6-5-7-11(12)15/h5-8H,3-4,9-10H2,1-2H3,(H,16,17). The molecule has 0 saturated heterocycles. The van der Waals surface area contributed by atoms with Crippen molar-refractivity contribution in [2.75, 3.05) is 0 Å². The van der Waals surface area contributed by atoms with Crippen molar-refractivity contribution < 1.29 is 14.3 Å². The number of carboxylic acids is 1. The first-order valence-electron chi connectivity index (χ1n) is 6.22. The van der Waals surface area contributed by atoms with Crippen LogP contribution in [0.3, 0.4) is 0 Å². The van der Waals surface area contributed by atoms with Gasteiger partial charge in [0.05, 0.1) is 0 Å². The Morgan fingerprint density at radius 1 is 1.28 bits per heavy atom. The molecule has 1 aromatic carbocycles. The van der Waals surface area contributed by atoms with E-state index in [0.717, 1.165) is 24.6 Å². The monoisotopic (exact) mass is 270 g/mol. The summed E-state index contributed by atoms with van der Waals surface area (Å²) in [6.07, 6.45) is 2.64. The van der Waals surface area contributed by atoms with Gasteiger partial charge in [-0.15, -0.1) is 11.8 Å². The average Bonchev–Trinajstić information content (AvgIpc) is 2.32. The van der Waals surface area contributed by atoms with Crippen molar-refractivity contribution in [3.05, 3.63) is 30.1 Å². The summed E-state index contributed by atoms with van der Waals surface area (Å²) in [7, 11) is 0. The zero-order valence-electron chi connectivity index (χ0n) is 10.8. The van der Waals surface area contributed by atoms with Crippen molar-refractivity contribution in [2.45, 2.75) is 49.2 Å². The summed E-state index contributed by atoms with van der Waals surface area (Å²) in [5.74, 6) is -1.19. The van der Waals surface area contributed by atoms with E-state index in [0.29, 0.717) is 17.7 Å². The predicted octanol–water partition coefficient (Wildman–Crippen LogP) is 4.34. The average molecular weight is 270 g/mol. The van der Waals surface area contributed by atoms with Crippen molar-refractivity contribution in [2.24, 2.45) is 0 Å². The van der Waals surface area contributed by atoms with Gasteiger partial charge in [-0.3, -0.25) is 4.79 Å². The van der Waals surface area contributed by atoms with Gasteiger partial charge in [0.2, 0.25) is 0 Å². The normalized spacial score (nSPS) is 11.5. The van der Waals surface area contributed by atoms with Crippen LogP contribution in [0.15, 0.2) is 29.2 Å². The number of halogens is 1. The van der Waals surface area contributed by atoms with Crippen molar-refractivity contribution >= 4 is 17.7 Å². The molecule has 0 fully saturated rings. The fourth-order valence-corrected chi connectivity index (χ4v) is 3.46. The van der Waals surface area contributed by atoms with Crippen LogP contribution >= 0.6 is 11.8 Å². The molecule has 0 aliphatic heterocycles. The Labute approximate surface area is 112 Å². The Bertz CT molecular complexity index is 401. The molecule has 0 atom stereocenters. The van der Waals surface area contributed by atoms with Gasteiger partial charge in [0.15, 0.2) is 0 Å². The number of benzene rings is 1. The molecule has 0 radical (unpaired) electrons. The number of hydrogen-bond donors (Lipinski definition) is 1. The molecule has 1 N–H and O–H groups in total. The Balaban J connectivity index is 3.03. The van der Waals surface area contributed by atoms with Crippen LogP contribution in [0.5, 0.6) is 0 Å². The number of hydrogen-bond acceptors (Lipinski definition) is 2. The summed E-state index contributed by atoms with van der Waals surface area (Å²) in [5, 5.41) is 9.49. The van der Waals surface area contributed by atoms with Gasteiger partial charge in [0, 0.05) is 4.90 Å². The summed E-state index contributed by atoms with van der Waals surface area (Å²) in [6, 6.07) is 6.35. The van der Waals surface area contributed by atoms with Crippen LogP contribution in [0.25, 0.3) is 0 Å². The summed E-state index contributed by atoms with van der Waals surface area (Å²) < 4.78 is 12.7. The number of carboxylic acid groups (broad SMARTS) is 1. The van der Waals surface area contributed by atoms with Crippen LogP contribution in [-0.4, -0.2) is 15.8 Å². The van der Waals surface area contributed by atoms with Gasteiger partial charge < -0.3 is 5.11 Å². The lowest BCUT2D eigenvalue weighted by Crippen LogP contribution is -2.35. The maximum absolute atomic E-state index is 13.7. The van der Waals surface area contributed by atoms with Gasteiger partial charge in [0.25, 0.3) is 0 Å². The first kappa shape index (κ1) is 15.0. The quantitative estimate of drug-likeness (QED) is 0.749. The van der Waals surface area contributed by atoms with Gasteiger partial charge in [-0.1, -0.05) is 38.8 Å². The van der Waals surface area contributed by atoms with E-state index in [1.807, 2.05) is 13.8 Å². The van der Waals surface area contributed by atoms with E-state index < -0.39 is 10.7 Å². The second-order valence-corrected chi connectivity index (χ2v) is 5.76. The molecule has 18 heavy (non-hydrogen) atoms. The molecule has 0 aromatic heterocycles. The fraction of sp³-hybridized carbons (Fsp3) is 0.500. The van der Waals surface area contributed by atoms with Crippen molar-refractivity contribution in [3.63, 3.8) is 0 Å². The van der Waals surface area contributed by atoms with Gasteiger partial charge in [-0.2, -0.15) is 0 Å². The third kappa shape index (κ3) is 3.48. The molecule has 4 heteroatoms. The zero-order chi connectivity index (χ0) is 13.6. The highest BCUT2D eigenvalue weighted by atomic mass is 32.2. The summed E-state index contributed by atoms with van der Waals surface area (Å²) in [4.78, 5) is 12.0. The van der Waals surface area contributed by atoms with E-state index in [1.54, 1.807) is 18.2 Å². The SMILES string of the molecule is CCCC(CCC)(Sc1ccccc1F)C(=O)O. The molecule has 0 spiro atoms. The molecule has 0 amide bonds. The molecule has 0 unspecified atom stereocenters. The van der Waals surface area contributed by atoms with E-state index in [-0.39, 0.29) is 5.82 Å². The molecule has 1 aromatic rings. The van der Waals surface area contributed by atoms with E-state index in [1.165, 1.54) is 6.07 Å². The molecular formula is C14H19FO2S. The van der Waals surface area contributed by atoms with Gasteiger partial charge >= 0.3 is 5.97 Å². The number of aliphatic carboxylic acids is 1.